The van der Waals surface area contributed by atoms with Crippen molar-refractivity contribution in [1.82, 2.24) is 4.98 Å². The van der Waals surface area contributed by atoms with Crippen LogP contribution in [0.15, 0.2) is 12.3 Å². The highest BCUT2D eigenvalue weighted by molar-refractivity contribution is 5.67. The Balaban J connectivity index is 2.84. The number of pyridine rings is 1. The number of hydrogen-bond acceptors (Lipinski definition) is 6. The number of rotatable bonds is 7. The van der Waals surface area contributed by atoms with E-state index < -0.39 is 10.9 Å². The van der Waals surface area contributed by atoms with Gasteiger partial charge in [-0.1, -0.05) is 13.3 Å². The maximum Gasteiger partial charge on any atom is 0.312 e. The molecule has 0 aliphatic heterocycles. The average Bonchev–Trinajstić information content (AvgIpc) is 2.42. The van der Waals surface area contributed by atoms with E-state index in [-0.39, 0.29) is 36.0 Å². The molecule has 8 nitrogen and oxygen atoms in total. The molecule has 0 radical (unpaired) electrons. The highest BCUT2D eigenvalue weighted by atomic mass is 16.6. The van der Waals surface area contributed by atoms with E-state index in [2.05, 4.69) is 10.3 Å². The zero-order chi connectivity index (χ0) is 15.1. The summed E-state index contributed by atoms with van der Waals surface area (Å²) < 4.78 is 0. The third kappa shape index (κ3) is 4.20. The molecule has 1 rings (SSSR count). The van der Waals surface area contributed by atoms with Crippen LogP contribution in [-0.2, 0) is 4.79 Å². The Morgan fingerprint density at radius 3 is 2.90 bits per heavy atom. The fourth-order valence-electron chi connectivity index (χ4n) is 1.64. The van der Waals surface area contributed by atoms with E-state index in [1.54, 1.807) is 6.07 Å². The van der Waals surface area contributed by atoms with Gasteiger partial charge in [0.15, 0.2) is 0 Å². The summed E-state index contributed by atoms with van der Waals surface area (Å²) in [5.41, 5.74) is -0.200. The molecule has 20 heavy (non-hydrogen) atoms. The molecule has 2 N–H and O–H groups in total. The topological polar surface area (TPSA) is 129 Å². The van der Waals surface area contributed by atoms with Gasteiger partial charge in [-0.2, -0.15) is 5.26 Å². The third-order valence-electron chi connectivity index (χ3n) is 2.79. The summed E-state index contributed by atoms with van der Waals surface area (Å²) in [6, 6.07) is 2.91. The molecule has 1 atom stereocenters. The molecule has 0 aliphatic rings. The largest absolute Gasteiger partial charge is 0.481 e. The first-order valence-electron chi connectivity index (χ1n) is 5.98. The Morgan fingerprint density at radius 2 is 2.40 bits per heavy atom. The molecule has 0 saturated heterocycles. The first-order chi connectivity index (χ1) is 9.47. The molecule has 1 aromatic rings. The Kier molecular flexibility index (Phi) is 5.41. The van der Waals surface area contributed by atoms with Crippen molar-refractivity contribution in [2.75, 3.05) is 11.9 Å². The van der Waals surface area contributed by atoms with E-state index in [1.807, 2.05) is 6.92 Å². The fourth-order valence-corrected chi connectivity index (χ4v) is 1.64. The Hall–Kier alpha value is -2.69. The van der Waals surface area contributed by atoms with Crippen molar-refractivity contribution in [3.05, 3.63) is 27.9 Å². The van der Waals surface area contributed by atoms with Crippen LogP contribution in [0.25, 0.3) is 0 Å². The van der Waals surface area contributed by atoms with Crippen molar-refractivity contribution >= 4 is 17.5 Å². The van der Waals surface area contributed by atoms with E-state index in [0.29, 0.717) is 6.42 Å². The van der Waals surface area contributed by atoms with E-state index in [1.165, 1.54) is 6.20 Å². The Labute approximate surface area is 115 Å². The monoisotopic (exact) mass is 278 g/mol. The number of anilines is 1. The van der Waals surface area contributed by atoms with E-state index in [4.69, 9.17) is 10.4 Å². The number of nitrogens with one attached hydrogen (secondary N) is 1. The molecule has 0 fully saturated rings. The van der Waals surface area contributed by atoms with Crippen LogP contribution in [0, 0.1) is 27.4 Å². The van der Waals surface area contributed by atoms with Crippen LogP contribution in [-0.4, -0.2) is 27.5 Å². The lowest BCUT2D eigenvalue weighted by atomic mass is 10.0. The van der Waals surface area contributed by atoms with Crippen molar-refractivity contribution in [1.29, 1.82) is 5.26 Å². The minimum Gasteiger partial charge on any atom is -0.481 e. The van der Waals surface area contributed by atoms with Gasteiger partial charge in [-0.15, -0.1) is 0 Å². The predicted molar refractivity (Wildman–Crippen MR) is 70.1 cm³/mol. The molecule has 8 heteroatoms. The zero-order valence-electron chi connectivity index (χ0n) is 10.9. The normalized spacial score (nSPS) is 11.4. The van der Waals surface area contributed by atoms with Crippen molar-refractivity contribution < 1.29 is 14.8 Å². The quantitative estimate of drug-likeness (QED) is 0.574. The summed E-state index contributed by atoms with van der Waals surface area (Å²) in [5.74, 6) is -1.02. The highest BCUT2D eigenvalue weighted by Crippen LogP contribution is 2.23. The minimum absolute atomic E-state index is 0.0203. The van der Waals surface area contributed by atoms with Gasteiger partial charge < -0.3 is 10.4 Å². The number of nitro groups is 1. The number of carboxylic acid groups (broad SMARTS) is 1. The van der Waals surface area contributed by atoms with Crippen LogP contribution >= 0.6 is 0 Å². The second kappa shape index (κ2) is 7.04. The van der Waals surface area contributed by atoms with Crippen molar-refractivity contribution in [3.63, 3.8) is 0 Å². The van der Waals surface area contributed by atoms with Gasteiger partial charge in [0.2, 0.25) is 5.82 Å². The average molecular weight is 278 g/mol. The van der Waals surface area contributed by atoms with Gasteiger partial charge in [0.1, 0.15) is 6.07 Å². The molecule has 0 saturated carbocycles. The smallest absolute Gasteiger partial charge is 0.312 e. The summed E-state index contributed by atoms with van der Waals surface area (Å²) in [5, 5.41) is 31.1. The van der Waals surface area contributed by atoms with E-state index in [0.717, 1.165) is 6.07 Å². The Bertz CT molecular complexity index is 553. The molecule has 0 bridgehead atoms. The number of hydrogen-bond donors (Lipinski definition) is 2. The van der Waals surface area contributed by atoms with Gasteiger partial charge in [0.25, 0.3) is 0 Å². The van der Waals surface area contributed by atoms with Crippen LogP contribution in [0.1, 0.15) is 25.3 Å². The van der Waals surface area contributed by atoms with Gasteiger partial charge in [-0.05, 0) is 5.92 Å². The second-order valence-corrected chi connectivity index (χ2v) is 4.21. The molecular weight excluding hydrogens is 264 g/mol. The van der Waals surface area contributed by atoms with Crippen LogP contribution in [0.5, 0.6) is 0 Å². The number of aliphatic carboxylic acids is 1. The number of nitriles is 1. The fraction of sp³-hybridized carbons (Fsp3) is 0.417. The van der Waals surface area contributed by atoms with Crippen molar-refractivity contribution in [3.8, 4) is 6.07 Å². The second-order valence-electron chi connectivity index (χ2n) is 4.21. The number of nitrogens with zero attached hydrogens (tertiary/aromatic N) is 3. The standard InChI is InChI=1S/C12H14N4O4/c1-2-8(4-11(17)18)6-14-12-10(16(19)20)3-9(5-13)7-15-12/h3,7-8H,2,4,6H2,1H3,(H,14,15)(H,17,18). The zero-order valence-corrected chi connectivity index (χ0v) is 10.9. The lowest BCUT2D eigenvalue weighted by molar-refractivity contribution is -0.384. The summed E-state index contributed by atoms with van der Waals surface area (Å²) in [4.78, 5) is 24.8. The molecule has 1 aromatic heterocycles. The van der Waals surface area contributed by atoms with Gasteiger partial charge >= 0.3 is 11.7 Å². The number of carboxylic acids is 1. The summed E-state index contributed by atoms with van der Waals surface area (Å²) >= 11 is 0. The van der Waals surface area contributed by atoms with Crippen LogP contribution in [0.3, 0.4) is 0 Å². The molecule has 0 amide bonds. The molecule has 1 heterocycles. The molecule has 106 valence electrons. The van der Waals surface area contributed by atoms with Crippen LogP contribution in [0.4, 0.5) is 11.5 Å². The SMILES string of the molecule is CCC(CNc1ncc(C#N)cc1[N+](=O)[O-])CC(=O)O. The maximum atomic E-state index is 10.9. The summed E-state index contributed by atoms with van der Waals surface area (Å²) in [6.45, 7) is 2.11. The molecule has 0 aromatic carbocycles. The number of aromatic nitrogens is 1. The minimum atomic E-state index is -0.916. The summed E-state index contributed by atoms with van der Waals surface area (Å²) in [7, 11) is 0. The molecule has 0 spiro atoms. The first-order valence-corrected chi connectivity index (χ1v) is 5.98. The van der Waals surface area contributed by atoms with Crippen molar-refractivity contribution in [2.45, 2.75) is 19.8 Å². The molecule has 0 aliphatic carbocycles. The third-order valence-corrected chi connectivity index (χ3v) is 2.79. The van der Waals surface area contributed by atoms with Gasteiger partial charge in [-0.3, -0.25) is 14.9 Å². The summed E-state index contributed by atoms with van der Waals surface area (Å²) in [6.07, 6.45) is 1.84. The van der Waals surface area contributed by atoms with Gasteiger partial charge in [0, 0.05) is 25.2 Å². The number of carbonyl (C=O) groups is 1. The van der Waals surface area contributed by atoms with E-state index >= 15 is 0 Å². The van der Waals surface area contributed by atoms with Crippen molar-refractivity contribution in [2.24, 2.45) is 5.92 Å². The van der Waals surface area contributed by atoms with Gasteiger partial charge in [-0.25, -0.2) is 4.98 Å². The van der Waals surface area contributed by atoms with Crippen LogP contribution in [0.2, 0.25) is 0 Å². The van der Waals surface area contributed by atoms with Crippen LogP contribution < -0.4 is 5.32 Å². The molecular formula is C12H14N4O4. The Morgan fingerprint density at radius 1 is 1.70 bits per heavy atom. The predicted octanol–water partition coefficient (Wildman–Crippen LogP) is 1.77. The lowest BCUT2D eigenvalue weighted by Gasteiger charge is -2.13. The lowest BCUT2D eigenvalue weighted by Crippen LogP contribution is -2.18. The maximum absolute atomic E-state index is 10.9. The van der Waals surface area contributed by atoms with E-state index in [9.17, 15) is 14.9 Å². The first kappa shape index (κ1) is 15.4. The molecule has 1 unspecified atom stereocenters. The van der Waals surface area contributed by atoms with Gasteiger partial charge in [0.05, 0.1) is 10.5 Å². The highest BCUT2D eigenvalue weighted by Gasteiger charge is 2.18.